The number of piperazine rings is 1. The minimum atomic E-state index is -0.496. The van der Waals surface area contributed by atoms with E-state index in [4.69, 9.17) is 5.73 Å². The van der Waals surface area contributed by atoms with Gasteiger partial charge in [0.25, 0.3) is 0 Å². The third-order valence-electron chi connectivity index (χ3n) is 4.43. The summed E-state index contributed by atoms with van der Waals surface area (Å²) in [6, 6.07) is 3.35. The van der Waals surface area contributed by atoms with E-state index in [0.717, 1.165) is 38.3 Å². The number of hydrogen-bond acceptors (Lipinski definition) is 5. The summed E-state index contributed by atoms with van der Waals surface area (Å²) in [7, 11) is 2.13. The predicted octanol–water partition coefficient (Wildman–Crippen LogP) is 1.15. The van der Waals surface area contributed by atoms with Crippen molar-refractivity contribution in [1.82, 2.24) is 9.88 Å². The lowest BCUT2D eigenvalue weighted by molar-refractivity contribution is -0.118. The highest BCUT2D eigenvalue weighted by atomic mass is 16.2. The van der Waals surface area contributed by atoms with Crippen molar-refractivity contribution in [1.29, 1.82) is 0 Å². The van der Waals surface area contributed by atoms with E-state index >= 15 is 0 Å². The molecule has 122 valence electrons. The maximum atomic E-state index is 12.0. The zero-order valence-electron chi connectivity index (χ0n) is 13.7. The van der Waals surface area contributed by atoms with Crippen LogP contribution >= 0.6 is 0 Å². The number of nitrogens with zero attached hydrogens (tertiary/aromatic N) is 3. The highest BCUT2D eigenvalue weighted by Crippen LogP contribution is 2.17. The van der Waals surface area contributed by atoms with Gasteiger partial charge in [0.05, 0.1) is 17.9 Å². The topological polar surface area (TPSA) is 74.5 Å². The molecule has 2 unspecified atom stereocenters. The molecule has 2 heterocycles. The molecule has 1 fully saturated rings. The van der Waals surface area contributed by atoms with E-state index in [1.54, 1.807) is 0 Å². The zero-order valence-corrected chi connectivity index (χ0v) is 13.7. The SMILES string of the molecule is CCC(C)C(N)C(=O)Nc1ccc(N2CCN(C)CC2)cn1. The fourth-order valence-corrected chi connectivity index (χ4v) is 2.43. The van der Waals surface area contributed by atoms with Gasteiger partial charge in [0.15, 0.2) is 0 Å². The molecule has 0 radical (unpaired) electrons. The molecular weight excluding hydrogens is 278 g/mol. The highest BCUT2D eigenvalue weighted by molar-refractivity contribution is 5.94. The molecular formula is C16H27N5O. The molecule has 0 spiro atoms. The Hall–Kier alpha value is -1.66. The molecule has 6 heteroatoms. The summed E-state index contributed by atoms with van der Waals surface area (Å²) in [4.78, 5) is 21.0. The summed E-state index contributed by atoms with van der Waals surface area (Å²) < 4.78 is 0. The van der Waals surface area contributed by atoms with Gasteiger partial charge in [0.2, 0.25) is 5.91 Å². The quantitative estimate of drug-likeness (QED) is 0.853. The second-order valence-corrected chi connectivity index (χ2v) is 6.09. The van der Waals surface area contributed by atoms with Crippen LogP contribution in [-0.4, -0.2) is 55.1 Å². The van der Waals surface area contributed by atoms with Gasteiger partial charge < -0.3 is 20.9 Å². The first-order valence-corrected chi connectivity index (χ1v) is 7.97. The van der Waals surface area contributed by atoms with Crippen molar-refractivity contribution in [3.63, 3.8) is 0 Å². The molecule has 6 nitrogen and oxygen atoms in total. The van der Waals surface area contributed by atoms with Crippen LogP contribution in [0.15, 0.2) is 18.3 Å². The smallest absolute Gasteiger partial charge is 0.242 e. The molecule has 1 amide bonds. The van der Waals surface area contributed by atoms with Crippen LogP contribution in [-0.2, 0) is 4.79 Å². The molecule has 0 aromatic carbocycles. The summed E-state index contributed by atoms with van der Waals surface area (Å²) in [5.41, 5.74) is 7.02. The van der Waals surface area contributed by atoms with Gasteiger partial charge in [-0.2, -0.15) is 0 Å². The number of carbonyl (C=O) groups excluding carboxylic acids is 1. The molecule has 1 aromatic heterocycles. The lowest BCUT2D eigenvalue weighted by Gasteiger charge is -2.33. The number of hydrogen-bond donors (Lipinski definition) is 2. The number of anilines is 2. The van der Waals surface area contributed by atoms with Crippen molar-refractivity contribution >= 4 is 17.4 Å². The third kappa shape index (κ3) is 4.18. The van der Waals surface area contributed by atoms with Gasteiger partial charge >= 0.3 is 0 Å². The lowest BCUT2D eigenvalue weighted by Crippen LogP contribution is -2.44. The second kappa shape index (κ2) is 7.56. The van der Waals surface area contributed by atoms with Crippen LogP contribution in [0.25, 0.3) is 0 Å². The monoisotopic (exact) mass is 305 g/mol. The summed E-state index contributed by atoms with van der Waals surface area (Å²) in [6.07, 6.45) is 2.69. The van der Waals surface area contributed by atoms with Gasteiger partial charge in [-0.15, -0.1) is 0 Å². The first-order chi connectivity index (χ1) is 10.5. The Morgan fingerprint density at radius 2 is 2.05 bits per heavy atom. The first kappa shape index (κ1) is 16.7. The standard InChI is InChI=1S/C16H27N5O/c1-4-12(2)15(17)16(22)19-14-6-5-13(11-18-14)21-9-7-20(3)8-10-21/h5-6,11-12,15H,4,7-10,17H2,1-3H3,(H,18,19,22). The van der Waals surface area contributed by atoms with Gasteiger partial charge in [-0.1, -0.05) is 20.3 Å². The highest BCUT2D eigenvalue weighted by Gasteiger charge is 2.20. The lowest BCUT2D eigenvalue weighted by atomic mass is 9.99. The number of nitrogens with two attached hydrogens (primary N) is 1. The number of nitrogens with one attached hydrogen (secondary N) is 1. The van der Waals surface area contributed by atoms with Crippen molar-refractivity contribution in [2.24, 2.45) is 11.7 Å². The molecule has 2 rings (SSSR count). The Labute approximate surface area is 132 Å². The molecule has 1 aliphatic heterocycles. The van der Waals surface area contributed by atoms with Crippen LogP contribution in [0.1, 0.15) is 20.3 Å². The van der Waals surface area contributed by atoms with Crippen LogP contribution in [0.2, 0.25) is 0 Å². The summed E-state index contributed by atoms with van der Waals surface area (Å²) in [6.45, 7) is 8.13. The van der Waals surface area contributed by atoms with Gasteiger partial charge in [-0.05, 0) is 25.1 Å². The zero-order chi connectivity index (χ0) is 16.1. The van der Waals surface area contributed by atoms with E-state index in [1.165, 1.54) is 0 Å². The average molecular weight is 305 g/mol. The number of carbonyl (C=O) groups is 1. The van der Waals surface area contributed by atoms with Crippen LogP contribution in [0.3, 0.4) is 0 Å². The molecule has 1 aromatic rings. The Balaban J connectivity index is 1.93. The molecule has 0 bridgehead atoms. The van der Waals surface area contributed by atoms with Crippen molar-refractivity contribution in [3.8, 4) is 0 Å². The molecule has 0 saturated carbocycles. The van der Waals surface area contributed by atoms with Crippen molar-refractivity contribution in [2.75, 3.05) is 43.4 Å². The summed E-state index contributed by atoms with van der Waals surface area (Å²) in [5, 5.41) is 2.79. The Kier molecular flexibility index (Phi) is 5.74. The fraction of sp³-hybridized carbons (Fsp3) is 0.625. The third-order valence-corrected chi connectivity index (χ3v) is 4.43. The number of amides is 1. The van der Waals surface area contributed by atoms with Crippen molar-refractivity contribution in [3.05, 3.63) is 18.3 Å². The average Bonchev–Trinajstić information content (AvgIpc) is 2.55. The normalized spacial score (nSPS) is 18.8. The minimum absolute atomic E-state index is 0.157. The van der Waals surface area contributed by atoms with Crippen molar-refractivity contribution < 1.29 is 4.79 Å². The number of aromatic nitrogens is 1. The van der Waals surface area contributed by atoms with Crippen LogP contribution < -0.4 is 16.0 Å². The number of likely N-dealkylation sites (N-methyl/N-ethyl adjacent to an activating group) is 1. The van der Waals surface area contributed by atoms with E-state index < -0.39 is 6.04 Å². The molecule has 1 aliphatic rings. The molecule has 0 aliphatic carbocycles. The molecule has 1 saturated heterocycles. The largest absolute Gasteiger partial charge is 0.368 e. The Bertz CT molecular complexity index is 482. The van der Waals surface area contributed by atoms with Crippen LogP contribution in [0.5, 0.6) is 0 Å². The van der Waals surface area contributed by atoms with Gasteiger partial charge in [0.1, 0.15) is 5.82 Å². The van der Waals surface area contributed by atoms with E-state index in [9.17, 15) is 4.79 Å². The number of rotatable bonds is 5. The first-order valence-electron chi connectivity index (χ1n) is 7.97. The van der Waals surface area contributed by atoms with E-state index in [-0.39, 0.29) is 11.8 Å². The van der Waals surface area contributed by atoms with E-state index in [0.29, 0.717) is 5.82 Å². The summed E-state index contributed by atoms with van der Waals surface area (Å²) in [5.74, 6) is 0.542. The van der Waals surface area contributed by atoms with Gasteiger partial charge in [0, 0.05) is 26.2 Å². The number of pyridine rings is 1. The molecule has 22 heavy (non-hydrogen) atoms. The van der Waals surface area contributed by atoms with Crippen LogP contribution in [0, 0.1) is 5.92 Å². The van der Waals surface area contributed by atoms with E-state index in [1.807, 2.05) is 32.2 Å². The maximum Gasteiger partial charge on any atom is 0.242 e. The van der Waals surface area contributed by atoms with E-state index in [2.05, 4.69) is 27.1 Å². The van der Waals surface area contributed by atoms with Gasteiger partial charge in [-0.3, -0.25) is 4.79 Å². The Morgan fingerprint density at radius 3 is 2.59 bits per heavy atom. The summed E-state index contributed by atoms with van der Waals surface area (Å²) >= 11 is 0. The maximum absolute atomic E-state index is 12.0. The van der Waals surface area contributed by atoms with Gasteiger partial charge in [-0.25, -0.2) is 4.98 Å². The fourth-order valence-electron chi connectivity index (χ4n) is 2.43. The minimum Gasteiger partial charge on any atom is -0.368 e. The Morgan fingerprint density at radius 1 is 1.36 bits per heavy atom. The van der Waals surface area contributed by atoms with Crippen LogP contribution in [0.4, 0.5) is 11.5 Å². The van der Waals surface area contributed by atoms with Crippen molar-refractivity contribution in [2.45, 2.75) is 26.3 Å². The predicted molar refractivity (Wildman–Crippen MR) is 90.0 cm³/mol. The molecule has 2 atom stereocenters. The second-order valence-electron chi connectivity index (χ2n) is 6.09. The molecule has 3 N–H and O–H groups in total.